The molecule has 0 spiro atoms. The Balaban J connectivity index is 1.30. The number of aromatic nitrogens is 2. The van der Waals surface area contributed by atoms with E-state index in [4.69, 9.17) is 0 Å². The van der Waals surface area contributed by atoms with Crippen LogP contribution >= 0.6 is 0 Å². The van der Waals surface area contributed by atoms with Crippen LogP contribution in [0.2, 0.25) is 0 Å². The largest absolute Gasteiger partial charge is 0.356 e. The lowest BCUT2D eigenvalue weighted by Crippen LogP contribution is -2.60. The van der Waals surface area contributed by atoms with Crippen molar-refractivity contribution in [2.24, 2.45) is 11.3 Å². The molecule has 2 unspecified atom stereocenters. The van der Waals surface area contributed by atoms with Crippen LogP contribution < -0.4 is 10.6 Å². The molecule has 0 radical (unpaired) electrons. The van der Waals surface area contributed by atoms with Crippen molar-refractivity contribution in [2.75, 3.05) is 6.54 Å². The average Bonchev–Trinajstić information content (AvgIpc) is 3.20. The number of rotatable bonds is 6. The van der Waals surface area contributed by atoms with E-state index in [2.05, 4.69) is 29.6 Å². The molecular formula is C24H28N4O2. The van der Waals surface area contributed by atoms with Crippen LogP contribution in [0.25, 0.3) is 5.52 Å². The summed E-state index contributed by atoms with van der Waals surface area (Å²) in [5.41, 5.74) is 3.55. The molecule has 6 nitrogen and oxygen atoms in total. The first-order valence-corrected chi connectivity index (χ1v) is 10.4. The maximum absolute atomic E-state index is 12.8. The van der Waals surface area contributed by atoms with Gasteiger partial charge in [-0.1, -0.05) is 43.7 Å². The fourth-order valence-corrected chi connectivity index (χ4v) is 4.18. The highest BCUT2D eigenvalue weighted by atomic mass is 16.2. The van der Waals surface area contributed by atoms with Crippen LogP contribution in [0.1, 0.15) is 41.8 Å². The Hall–Kier alpha value is -3.15. The summed E-state index contributed by atoms with van der Waals surface area (Å²) in [6, 6.07) is 13.6. The van der Waals surface area contributed by atoms with E-state index in [9.17, 15) is 9.59 Å². The third kappa shape index (κ3) is 3.95. The zero-order valence-electron chi connectivity index (χ0n) is 17.7. The molecule has 1 saturated carbocycles. The monoisotopic (exact) mass is 404 g/mol. The number of nitrogens with one attached hydrogen (secondary N) is 2. The number of pyridine rings is 1. The minimum atomic E-state index is -0.0852. The summed E-state index contributed by atoms with van der Waals surface area (Å²) < 4.78 is 1.70. The number of benzene rings is 1. The van der Waals surface area contributed by atoms with Gasteiger partial charge in [-0.15, -0.1) is 0 Å². The summed E-state index contributed by atoms with van der Waals surface area (Å²) in [6.45, 7) is 6.96. The highest BCUT2D eigenvalue weighted by Crippen LogP contribution is 2.46. The summed E-state index contributed by atoms with van der Waals surface area (Å²) in [5, 5.41) is 10.4. The van der Waals surface area contributed by atoms with Crippen LogP contribution in [0, 0.1) is 18.3 Å². The highest BCUT2D eigenvalue weighted by Gasteiger charge is 2.48. The van der Waals surface area contributed by atoms with E-state index in [1.807, 2.05) is 55.6 Å². The van der Waals surface area contributed by atoms with E-state index in [0.717, 1.165) is 17.5 Å². The van der Waals surface area contributed by atoms with E-state index in [0.29, 0.717) is 24.4 Å². The first kappa shape index (κ1) is 20.1. The average molecular weight is 405 g/mol. The van der Waals surface area contributed by atoms with Crippen molar-refractivity contribution < 1.29 is 9.59 Å². The molecule has 2 amide bonds. The van der Waals surface area contributed by atoms with Gasteiger partial charge in [0.25, 0.3) is 5.91 Å². The second-order valence-electron chi connectivity index (χ2n) is 8.83. The summed E-state index contributed by atoms with van der Waals surface area (Å²) in [7, 11) is 0. The first-order valence-electron chi connectivity index (χ1n) is 10.4. The molecule has 2 aromatic heterocycles. The topological polar surface area (TPSA) is 75.5 Å². The van der Waals surface area contributed by atoms with Gasteiger partial charge in [-0.25, -0.2) is 4.52 Å². The molecule has 1 aromatic carbocycles. The van der Waals surface area contributed by atoms with Crippen LogP contribution in [0.4, 0.5) is 0 Å². The Morgan fingerprint density at radius 1 is 1.17 bits per heavy atom. The quantitative estimate of drug-likeness (QED) is 0.663. The fraction of sp³-hybridized carbons (Fsp3) is 0.375. The number of carbonyl (C=O) groups is 2. The molecule has 0 saturated heterocycles. The number of carbonyl (C=O) groups excluding carboxylic acids is 2. The van der Waals surface area contributed by atoms with E-state index in [1.165, 1.54) is 5.56 Å². The van der Waals surface area contributed by atoms with Gasteiger partial charge in [0.15, 0.2) is 0 Å². The predicted octanol–water partition coefficient (Wildman–Crippen LogP) is 3.15. The number of hydrogen-bond acceptors (Lipinski definition) is 3. The normalized spacial score (nSPS) is 19.8. The molecule has 2 atom stereocenters. The van der Waals surface area contributed by atoms with Crippen LogP contribution in [0.15, 0.2) is 54.9 Å². The van der Waals surface area contributed by atoms with Crippen molar-refractivity contribution in [1.29, 1.82) is 0 Å². The van der Waals surface area contributed by atoms with Gasteiger partial charge in [-0.3, -0.25) is 9.59 Å². The fourth-order valence-electron chi connectivity index (χ4n) is 4.18. The van der Waals surface area contributed by atoms with Gasteiger partial charge in [0, 0.05) is 18.8 Å². The van der Waals surface area contributed by atoms with Gasteiger partial charge in [-0.2, -0.15) is 5.10 Å². The molecule has 1 aliphatic carbocycles. The Labute approximate surface area is 176 Å². The summed E-state index contributed by atoms with van der Waals surface area (Å²) in [6.07, 6.45) is 4.76. The van der Waals surface area contributed by atoms with Crippen LogP contribution in [0.3, 0.4) is 0 Å². The second kappa shape index (κ2) is 7.94. The lowest BCUT2D eigenvalue weighted by molar-refractivity contribution is -0.121. The highest BCUT2D eigenvalue weighted by molar-refractivity contribution is 6.00. The van der Waals surface area contributed by atoms with Crippen molar-refractivity contribution in [3.63, 3.8) is 0 Å². The molecule has 1 aliphatic rings. The van der Waals surface area contributed by atoms with Gasteiger partial charge >= 0.3 is 0 Å². The number of aryl methyl sites for hydroxylation is 1. The van der Waals surface area contributed by atoms with Crippen molar-refractivity contribution >= 4 is 17.3 Å². The molecule has 0 bridgehead atoms. The molecule has 2 heterocycles. The minimum Gasteiger partial charge on any atom is -0.356 e. The maximum Gasteiger partial charge on any atom is 0.253 e. The van der Waals surface area contributed by atoms with E-state index < -0.39 is 0 Å². The Morgan fingerprint density at radius 2 is 1.93 bits per heavy atom. The molecule has 6 heteroatoms. The summed E-state index contributed by atoms with van der Waals surface area (Å²) in [5.74, 6) is 0.283. The van der Waals surface area contributed by atoms with Crippen molar-refractivity contribution in [2.45, 2.75) is 39.7 Å². The lowest BCUT2D eigenvalue weighted by atomic mass is 9.58. The summed E-state index contributed by atoms with van der Waals surface area (Å²) >= 11 is 0. The van der Waals surface area contributed by atoms with E-state index >= 15 is 0 Å². The Morgan fingerprint density at radius 3 is 2.67 bits per heavy atom. The predicted molar refractivity (Wildman–Crippen MR) is 116 cm³/mol. The smallest absolute Gasteiger partial charge is 0.253 e. The zero-order chi connectivity index (χ0) is 21.3. The van der Waals surface area contributed by atoms with Crippen molar-refractivity contribution in [3.8, 4) is 0 Å². The van der Waals surface area contributed by atoms with Gasteiger partial charge in [0.1, 0.15) is 0 Å². The molecule has 30 heavy (non-hydrogen) atoms. The molecule has 4 rings (SSSR count). The van der Waals surface area contributed by atoms with Gasteiger partial charge in [-0.05, 0) is 48.4 Å². The molecule has 3 aromatic rings. The summed E-state index contributed by atoms with van der Waals surface area (Å²) in [4.78, 5) is 25.1. The third-order valence-electron chi connectivity index (χ3n) is 6.49. The number of nitrogens with zero attached hydrogens (tertiary/aromatic N) is 2. The van der Waals surface area contributed by atoms with Crippen LogP contribution in [-0.2, 0) is 11.2 Å². The zero-order valence-corrected chi connectivity index (χ0v) is 17.7. The molecule has 0 aliphatic heterocycles. The number of amides is 2. The van der Waals surface area contributed by atoms with Gasteiger partial charge in [0.2, 0.25) is 5.91 Å². The molecule has 1 fully saturated rings. The van der Waals surface area contributed by atoms with Crippen LogP contribution in [-0.4, -0.2) is 34.0 Å². The molecular weight excluding hydrogens is 376 g/mol. The van der Waals surface area contributed by atoms with Crippen molar-refractivity contribution in [3.05, 3.63) is 71.5 Å². The molecule has 156 valence electrons. The SMILES string of the molecule is Cc1ccc(CC(=O)NCC2CC(NC(=O)c3cccn4nccc34)C2(C)C)cc1. The minimum absolute atomic E-state index is 0.0366. The Kier molecular flexibility index (Phi) is 5.33. The number of hydrogen-bond donors (Lipinski definition) is 2. The molecule has 2 N–H and O–H groups in total. The van der Waals surface area contributed by atoms with Crippen LogP contribution in [0.5, 0.6) is 0 Å². The standard InChI is InChI=1S/C24H28N4O2/c1-16-6-8-17(9-7-16)13-22(29)25-15-18-14-21(24(18,2)3)27-23(30)19-5-4-12-28-20(19)10-11-26-28/h4-12,18,21H,13-15H2,1-3H3,(H,25,29)(H,27,30). The lowest BCUT2D eigenvalue weighted by Gasteiger charge is -2.52. The van der Waals surface area contributed by atoms with Gasteiger partial charge in [0.05, 0.1) is 23.7 Å². The van der Waals surface area contributed by atoms with E-state index in [1.54, 1.807) is 10.7 Å². The number of fused-ring (bicyclic) bond motifs is 1. The van der Waals surface area contributed by atoms with E-state index in [-0.39, 0.29) is 23.3 Å². The third-order valence-corrected chi connectivity index (χ3v) is 6.49. The Bertz CT molecular complexity index is 1070. The first-order chi connectivity index (χ1) is 14.3. The van der Waals surface area contributed by atoms with Gasteiger partial charge < -0.3 is 10.6 Å². The van der Waals surface area contributed by atoms with Crippen molar-refractivity contribution in [1.82, 2.24) is 20.2 Å². The maximum atomic E-state index is 12.8. The second-order valence-corrected chi connectivity index (χ2v) is 8.83.